The highest BCUT2D eigenvalue weighted by Crippen LogP contribution is 2.24. The summed E-state index contributed by atoms with van der Waals surface area (Å²) in [7, 11) is -2.36. The Morgan fingerprint density at radius 3 is 2.09 bits per heavy atom. The summed E-state index contributed by atoms with van der Waals surface area (Å²) < 4.78 is 32.5. The molecule has 9 heteroatoms. The van der Waals surface area contributed by atoms with E-state index in [4.69, 9.17) is 4.74 Å². The molecule has 0 aliphatic carbocycles. The van der Waals surface area contributed by atoms with Gasteiger partial charge in [-0.1, -0.05) is 30.3 Å². The summed E-state index contributed by atoms with van der Waals surface area (Å²) in [5, 5.41) is 5.29. The van der Waals surface area contributed by atoms with Gasteiger partial charge in [0.2, 0.25) is 0 Å². The second kappa shape index (κ2) is 9.96. The van der Waals surface area contributed by atoms with Crippen LogP contribution in [0.4, 0.5) is 21.9 Å². The van der Waals surface area contributed by atoms with Crippen LogP contribution >= 0.6 is 0 Å². The first-order valence-electron chi connectivity index (χ1n) is 10.5. The summed E-state index contributed by atoms with van der Waals surface area (Å²) in [6, 6.07) is 21.1. The number of carbonyl (C=O) groups excluding carboxylic acids is 2. The van der Waals surface area contributed by atoms with Crippen LogP contribution in [0.1, 0.15) is 31.1 Å². The molecule has 0 aromatic heterocycles. The molecule has 0 unspecified atom stereocenters. The molecule has 3 aromatic rings. The molecule has 0 saturated carbocycles. The van der Waals surface area contributed by atoms with E-state index in [1.807, 2.05) is 0 Å². The van der Waals surface area contributed by atoms with Crippen molar-refractivity contribution in [2.24, 2.45) is 0 Å². The number of sulfonamides is 1. The van der Waals surface area contributed by atoms with Gasteiger partial charge in [-0.25, -0.2) is 13.2 Å². The Hall–Kier alpha value is -3.85. The van der Waals surface area contributed by atoms with Gasteiger partial charge in [-0.3, -0.25) is 14.4 Å². The molecule has 0 heterocycles. The zero-order valence-electron chi connectivity index (χ0n) is 19.4. The van der Waals surface area contributed by atoms with Crippen molar-refractivity contribution in [1.29, 1.82) is 0 Å². The van der Waals surface area contributed by atoms with Gasteiger partial charge in [0, 0.05) is 24.0 Å². The number of benzene rings is 3. The normalized spacial score (nSPS) is 11.4. The molecule has 2 amide bonds. The maximum atomic E-state index is 13.0. The lowest BCUT2D eigenvalue weighted by molar-refractivity contribution is 0.0635. The number of para-hydroxylation sites is 1. The molecule has 0 saturated heterocycles. The lowest BCUT2D eigenvalue weighted by atomic mass is 10.2. The van der Waals surface area contributed by atoms with Crippen molar-refractivity contribution in [3.8, 4) is 0 Å². The number of carbonyl (C=O) groups is 2. The number of ether oxygens (including phenoxy) is 1. The number of nitrogens with one attached hydrogen (secondary N) is 2. The summed E-state index contributed by atoms with van der Waals surface area (Å²) in [5.41, 5.74) is 0.856. The second-order valence-electron chi connectivity index (χ2n) is 8.50. The second-order valence-corrected chi connectivity index (χ2v) is 10.5. The number of anilines is 3. The van der Waals surface area contributed by atoms with Crippen LogP contribution in [0.25, 0.3) is 0 Å². The van der Waals surface area contributed by atoms with Crippen LogP contribution in [-0.2, 0) is 14.8 Å². The van der Waals surface area contributed by atoms with E-state index in [0.29, 0.717) is 17.1 Å². The van der Waals surface area contributed by atoms with E-state index in [0.717, 1.165) is 0 Å². The molecular formula is C25H27N3O5S. The molecule has 3 rings (SSSR count). The number of nitrogens with zero attached hydrogens (tertiary/aromatic N) is 1. The predicted molar refractivity (Wildman–Crippen MR) is 133 cm³/mol. The minimum Gasteiger partial charge on any atom is -0.444 e. The van der Waals surface area contributed by atoms with Crippen LogP contribution in [0, 0.1) is 0 Å². The molecule has 0 atom stereocenters. The first-order chi connectivity index (χ1) is 16.0. The quantitative estimate of drug-likeness (QED) is 0.509. The monoisotopic (exact) mass is 481 g/mol. The van der Waals surface area contributed by atoms with Crippen molar-refractivity contribution in [1.82, 2.24) is 0 Å². The maximum absolute atomic E-state index is 13.0. The molecule has 0 bridgehead atoms. The molecule has 0 spiro atoms. The number of rotatable bonds is 6. The Labute approximate surface area is 199 Å². The van der Waals surface area contributed by atoms with Gasteiger partial charge in [0.25, 0.3) is 15.9 Å². The van der Waals surface area contributed by atoms with Gasteiger partial charge >= 0.3 is 6.09 Å². The minimum absolute atomic E-state index is 0.0389. The summed E-state index contributed by atoms with van der Waals surface area (Å²) in [5.74, 6) is -0.459. The van der Waals surface area contributed by atoms with E-state index >= 15 is 0 Å². The van der Waals surface area contributed by atoms with Gasteiger partial charge < -0.3 is 10.1 Å². The Morgan fingerprint density at radius 1 is 0.824 bits per heavy atom. The summed E-state index contributed by atoms with van der Waals surface area (Å²) >= 11 is 0. The molecule has 2 N–H and O–H groups in total. The highest BCUT2D eigenvalue weighted by Gasteiger charge is 2.22. The molecule has 3 aromatic carbocycles. The van der Waals surface area contributed by atoms with Gasteiger partial charge in [-0.2, -0.15) is 0 Å². The first-order valence-corrected chi connectivity index (χ1v) is 12.0. The van der Waals surface area contributed by atoms with Crippen LogP contribution in [-0.4, -0.2) is 33.1 Å². The lowest BCUT2D eigenvalue weighted by Crippen LogP contribution is -2.27. The standard InChI is InChI=1S/C25H27N3O5S/c1-25(2,3)33-24(30)27-19-11-8-10-18(16-19)23(29)26-20-12-9-15-22(17-20)34(31,32)28(4)21-13-6-5-7-14-21/h5-17H,1-4H3,(H,26,29)(H,27,30). The van der Waals surface area contributed by atoms with Crippen LogP contribution in [0.2, 0.25) is 0 Å². The van der Waals surface area contributed by atoms with Crippen molar-refractivity contribution < 1.29 is 22.7 Å². The maximum Gasteiger partial charge on any atom is 0.412 e. The predicted octanol–water partition coefficient (Wildman–Crippen LogP) is 5.11. The van der Waals surface area contributed by atoms with Gasteiger partial charge in [0.1, 0.15) is 5.60 Å². The van der Waals surface area contributed by atoms with E-state index in [1.165, 1.54) is 29.6 Å². The third-order valence-corrected chi connectivity index (χ3v) is 6.42. The first kappa shape index (κ1) is 24.8. The van der Waals surface area contributed by atoms with Gasteiger partial charge in [-0.05, 0) is 69.3 Å². The van der Waals surface area contributed by atoms with Crippen molar-refractivity contribution >= 4 is 39.1 Å². The molecule has 0 radical (unpaired) electrons. The highest BCUT2D eigenvalue weighted by atomic mass is 32.2. The average Bonchev–Trinajstić information content (AvgIpc) is 2.78. The molecule has 178 valence electrons. The summed E-state index contributed by atoms with van der Waals surface area (Å²) in [4.78, 5) is 24.8. The van der Waals surface area contributed by atoms with E-state index in [-0.39, 0.29) is 10.5 Å². The minimum atomic E-state index is -3.83. The lowest BCUT2D eigenvalue weighted by Gasteiger charge is -2.20. The summed E-state index contributed by atoms with van der Waals surface area (Å²) in [6.45, 7) is 5.26. The molecule has 0 fully saturated rings. The smallest absolute Gasteiger partial charge is 0.412 e. The van der Waals surface area contributed by atoms with E-state index in [9.17, 15) is 18.0 Å². The number of hydrogen-bond acceptors (Lipinski definition) is 5. The summed E-state index contributed by atoms with van der Waals surface area (Å²) in [6.07, 6.45) is -0.634. The van der Waals surface area contributed by atoms with Crippen LogP contribution in [0.15, 0.2) is 83.8 Å². The molecular weight excluding hydrogens is 454 g/mol. The van der Waals surface area contributed by atoms with E-state index in [2.05, 4.69) is 10.6 Å². The third kappa shape index (κ3) is 6.35. The van der Waals surface area contributed by atoms with Crippen LogP contribution in [0.3, 0.4) is 0 Å². The van der Waals surface area contributed by atoms with E-state index < -0.39 is 27.6 Å². The van der Waals surface area contributed by atoms with Gasteiger partial charge in [0.05, 0.1) is 10.6 Å². The molecule has 8 nitrogen and oxygen atoms in total. The number of hydrogen-bond donors (Lipinski definition) is 2. The Kier molecular flexibility index (Phi) is 7.26. The molecule has 0 aliphatic heterocycles. The largest absolute Gasteiger partial charge is 0.444 e. The van der Waals surface area contributed by atoms with Crippen molar-refractivity contribution in [2.75, 3.05) is 22.0 Å². The zero-order valence-corrected chi connectivity index (χ0v) is 20.2. The Morgan fingerprint density at radius 2 is 1.44 bits per heavy atom. The van der Waals surface area contributed by atoms with E-state index in [1.54, 1.807) is 81.4 Å². The van der Waals surface area contributed by atoms with Crippen molar-refractivity contribution in [3.63, 3.8) is 0 Å². The average molecular weight is 482 g/mol. The van der Waals surface area contributed by atoms with Crippen molar-refractivity contribution in [3.05, 3.63) is 84.4 Å². The van der Waals surface area contributed by atoms with Gasteiger partial charge in [-0.15, -0.1) is 0 Å². The SMILES string of the molecule is CN(c1ccccc1)S(=O)(=O)c1cccc(NC(=O)c2cccc(NC(=O)OC(C)(C)C)c2)c1. The zero-order chi connectivity index (χ0) is 24.9. The third-order valence-electron chi connectivity index (χ3n) is 4.64. The van der Waals surface area contributed by atoms with Crippen molar-refractivity contribution in [2.45, 2.75) is 31.3 Å². The van der Waals surface area contributed by atoms with Gasteiger partial charge in [0.15, 0.2) is 0 Å². The van der Waals surface area contributed by atoms with Crippen LogP contribution in [0.5, 0.6) is 0 Å². The highest BCUT2D eigenvalue weighted by molar-refractivity contribution is 7.92. The molecule has 0 aliphatic rings. The Bertz CT molecular complexity index is 1290. The Balaban J connectivity index is 1.75. The molecule has 34 heavy (non-hydrogen) atoms. The topological polar surface area (TPSA) is 105 Å². The fourth-order valence-corrected chi connectivity index (χ4v) is 4.27. The number of amides is 2. The fourth-order valence-electron chi connectivity index (χ4n) is 3.03. The van der Waals surface area contributed by atoms with Crippen LogP contribution < -0.4 is 14.9 Å². The fraction of sp³-hybridized carbons (Fsp3) is 0.200.